The molecule has 0 amide bonds. The number of aromatic amines is 1. The van der Waals surface area contributed by atoms with E-state index in [0.29, 0.717) is 0 Å². The van der Waals surface area contributed by atoms with Gasteiger partial charge in [-0.2, -0.15) is 5.10 Å². The van der Waals surface area contributed by atoms with Gasteiger partial charge in [0.2, 0.25) is 0 Å². The third-order valence-corrected chi connectivity index (χ3v) is 2.69. The minimum absolute atomic E-state index is 1.06. The van der Waals surface area contributed by atoms with E-state index in [0.717, 1.165) is 5.69 Å². The zero-order valence-electron chi connectivity index (χ0n) is 8.44. The van der Waals surface area contributed by atoms with Crippen molar-refractivity contribution in [2.24, 2.45) is 7.05 Å². The van der Waals surface area contributed by atoms with Crippen LogP contribution >= 0.6 is 0 Å². The molecule has 15 heavy (non-hydrogen) atoms. The number of rotatable bonds is 1. The van der Waals surface area contributed by atoms with E-state index in [1.54, 1.807) is 6.20 Å². The van der Waals surface area contributed by atoms with Crippen molar-refractivity contribution < 1.29 is 0 Å². The van der Waals surface area contributed by atoms with Gasteiger partial charge in [0.05, 0.1) is 5.69 Å². The second-order valence-electron chi connectivity index (χ2n) is 3.64. The predicted octanol–water partition coefficient (Wildman–Crippen LogP) is 2.57. The molecular weight excluding hydrogens is 186 g/mol. The summed E-state index contributed by atoms with van der Waals surface area (Å²) in [5.74, 6) is 0. The lowest BCUT2D eigenvalue weighted by Crippen LogP contribution is -1.81. The van der Waals surface area contributed by atoms with E-state index in [9.17, 15) is 0 Å². The van der Waals surface area contributed by atoms with Gasteiger partial charge in [-0.25, -0.2) is 0 Å². The Kier molecular flexibility index (Phi) is 1.65. The zero-order chi connectivity index (χ0) is 10.3. The molecule has 0 atom stereocenters. The van der Waals surface area contributed by atoms with Gasteiger partial charge in [-0.15, -0.1) is 0 Å². The number of hydrogen-bond acceptors (Lipinski definition) is 1. The number of aryl methyl sites for hydroxylation is 1. The number of H-pyrrole nitrogens is 1. The van der Waals surface area contributed by atoms with E-state index in [-0.39, 0.29) is 0 Å². The van der Waals surface area contributed by atoms with Gasteiger partial charge in [0.1, 0.15) is 0 Å². The van der Waals surface area contributed by atoms with Gasteiger partial charge in [-0.1, -0.05) is 18.2 Å². The van der Waals surface area contributed by atoms with Gasteiger partial charge in [0, 0.05) is 35.9 Å². The predicted molar refractivity (Wildman–Crippen MR) is 60.5 cm³/mol. The monoisotopic (exact) mass is 197 g/mol. The number of aromatic nitrogens is 3. The average Bonchev–Trinajstić information content (AvgIpc) is 2.87. The summed E-state index contributed by atoms with van der Waals surface area (Å²) < 4.78 is 2.13. The van der Waals surface area contributed by atoms with Crippen LogP contribution in [-0.2, 0) is 7.05 Å². The van der Waals surface area contributed by atoms with Crippen molar-refractivity contribution in [3.63, 3.8) is 0 Å². The summed E-state index contributed by atoms with van der Waals surface area (Å²) in [6.45, 7) is 0. The van der Waals surface area contributed by atoms with Gasteiger partial charge in [-0.3, -0.25) is 5.10 Å². The molecule has 2 heterocycles. The molecule has 0 aliphatic heterocycles. The van der Waals surface area contributed by atoms with E-state index in [1.807, 2.05) is 6.07 Å². The molecule has 0 unspecified atom stereocenters. The Bertz CT molecular complexity index is 590. The molecule has 0 radical (unpaired) electrons. The van der Waals surface area contributed by atoms with E-state index < -0.39 is 0 Å². The second kappa shape index (κ2) is 2.98. The smallest absolute Gasteiger partial charge is 0.0671 e. The maximum absolute atomic E-state index is 3.98. The van der Waals surface area contributed by atoms with Gasteiger partial charge >= 0.3 is 0 Å². The van der Waals surface area contributed by atoms with Gasteiger partial charge < -0.3 is 4.57 Å². The Morgan fingerprint density at radius 1 is 1.20 bits per heavy atom. The van der Waals surface area contributed by atoms with Crippen LogP contribution in [0.4, 0.5) is 0 Å². The molecule has 1 N–H and O–H groups in total. The fraction of sp³-hybridized carbons (Fsp3) is 0.0833. The third kappa shape index (κ3) is 1.16. The highest BCUT2D eigenvalue weighted by atomic mass is 15.1. The van der Waals surface area contributed by atoms with Crippen molar-refractivity contribution in [1.82, 2.24) is 14.8 Å². The quantitative estimate of drug-likeness (QED) is 0.639. The third-order valence-electron chi connectivity index (χ3n) is 2.69. The molecular formula is C12H11N3. The van der Waals surface area contributed by atoms with Crippen LogP contribution < -0.4 is 0 Å². The molecule has 0 aliphatic carbocycles. The molecule has 0 bridgehead atoms. The van der Waals surface area contributed by atoms with Crippen LogP contribution in [0.3, 0.4) is 0 Å². The molecule has 0 aliphatic rings. The Labute approximate surface area is 87.4 Å². The summed E-state index contributed by atoms with van der Waals surface area (Å²) in [7, 11) is 2.06. The standard InChI is InChI=1S/C12H11N3/c1-15-8-10(11-6-7-13-14-11)9-4-2-3-5-12(9)15/h2-8H,1H3,(H,13,14). The minimum Gasteiger partial charge on any atom is -0.350 e. The topological polar surface area (TPSA) is 33.6 Å². The molecule has 0 spiro atoms. The first kappa shape index (κ1) is 8.29. The Hall–Kier alpha value is -2.03. The fourth-order valence-corrected chi connectivity index (χ4v) is 1.96. The van der Waals surface area contributed by atoms with Crippen molar-refractivity contribution in [2.75, 3.05) is 0 Å². The average molecular weight is 197 g/mol. The van der Waals surface area contributed by atoms with Crippen molar-refractivity contribution >= 4 is 10.9 Å². The second-order valence-corrected chi connectivity index (χ2v) is 3.64. The SMILES string of the molecule is Cn1cc(-c2ccn[nH]2)c2ccccc21. The lowest BCUT2D eigenvalue weighted by Gasteiger charge is -1.94. The Balaban J connectivity index is 2.37. The fourth-order valence-electron chi connectivity index (χ4n) is 1.96. The van der Waals surface area contributed by atoms with Crippen LogP contribution in [0.2, 0.25) is 0 Å². The maximum atomic E-state index is 3.98. The zero-order valence-corrected chi connectivity index (χ0v) is 8.44. The largest absolute Gasteiger partial charge is 0.350 e. The molecule has 0 fully saturated rings. The molecule has 3 nitrogen and oxygen atoms in total. The van der Waals surface area contributed by atoms with E-state index >= 15 is 0 Å². The first-order valence-electron chi connectivity index (χ1n) is 4.90. The highest BCUT2D eigenvalue weighted by molar-refractivity contribution is 5.94. The molecule has 3 aromatic rings. The molecule has 0 saturated heterocycles. The van der Waals surface area contributed by atoms with E-state index in [4.69, 9.17) is 0 Å². The van der Waals surface area contributed by atoms with Gasteiger partial charge in [0.15, 0.2) is 0 Å². The van der Waals surface area contributed by atoms with Crippen LogP contribution in [0.5, 0.6) is 0 Å². The van der Waals surface area contributed by atoms with Crippen molar-refractivity contribution in [2.45, 2.75) is 0 Å². The van der Waals surface area contributed by atoms with Crippen molar-refractivity contribution in [3.8, 4) is 11.3 Å². The number of fused-ring (bicyclic) bond motifs is 1. The van der Waals surface area contributed by atoms with E-state index in [1.165, 1.54) is 16.5 Å². The van der Waals surface area contributed by atoms with Crippen LogP contribution in [-0.4, -0.2) is 14.8 Å². The highest BCUT2D eigenvalue weighted by Crippen LogP contribution is 2.28. The highest BCUT2D eigenvalue weighted by Gasteiger charge is 2.07. The van der Waals surface area contributed by atoms with Crippen LogP contribution in [0.1, 0.15) is 0 Å². The van der Waals surface area contributed by atoms with Gasteiger partial charge in [-0.05, 0) is 12.1 Å². The molecule has 3 heteroatoms. The first-order valence-corrected chi connectivity index (χ1v) is 4.90. The Morgan fingerprint density at radius 3 is 2.87 bits per heavy atom. The Morgan fingerprint density at radius 2 is 2.07 bits per heavy atom. The molecule has 1 aromatic carbocycles. The first-order chi connectivity index (χ1) is 7.36. The normalized spacial score (nSPS) is 11.0. The number of hydrogen-bond donors (Lipinski definition) is 1. The summed E-state index contributed by atoms with van der Waals surface area (Å²) in [4.78, 5) is 0. The summed E-state index contributed by atoms with van der Waals surface area (Å²) in [6.07, 6.45) is 3.90. The lowest BCUT2D eigenvalue weighted by molar-refractivity contribution is 0.969. The van der Waals surface area contributed by atoms with Crippen LogP contribution in [0.25, 0.3) is 22.2 Å². The number of nitrogens with one attached hydrogen (secondary N) is 1. The van der Waals surface area contributed by atoms with Crippen molar-refractivity contribution in [3.05, 3.63) is 42.7 Å². The van der Waals surface area contributed by atoms with Crippen LogP contribution in [0, 0.1) is 0 Å². The molecule has 0 saturated carbocycles. The number of para-hydroxylation sites is 1. The maximum Gasteiger partial charge on any atom is 0.0671 e. The molecule has 2 aromatic heterocycles. The minimum atomic E-state index is 1.06. The van der Waals surface area contributed by atoms with Gasteiger partial charge in [0.25, 0.3) is 0 Å². The number of benzene rings is 1. The molecule has 74 valence electrons. The number of nitrogens with zero attached hydrogens (tertiary/aromatic N) is 2. The van der Waals surface area contributed by atoms with E-state index in [2.05, 4.69) is 52.3 Å². The van der Waals surface area contributed by atoms with Crippen molar-refractivity contribution in [1.29, 1.82) is 0 Å². The summed E-state index contributed by atoms with van der Waals surface area (Å²) in [6, 6.07) is 10.4. The summed E-state index contributed by atoms with van der Waals surface area (Å²) >= 11 is 0. The molecule has 3 rings (SSSR count). The lowest BCUT2D eigenvalue weighted by atomic mass is 10.1. The van der Waals surface area contributed by atoms with Crippen LogP contribution in [0.15, 0.2) is 42.7 Å². The summed E-state index contributed by atoms with van der Waals surface area (Å²) in [5.41, 5.74) is 3.50. The summed E-state index contributed by atoms with van der Waals surface area (Å²) in [5, 5.41) is 8.23.